The second kappa shape index (κ2) is 7.41. The van der Waals surface area contributed by atoms with Crippen LogP contribution in [0, 0.1) is 24.2 Å². The molecule has 1 saturated carbocycles. The molecule has 0 aliphatic heterocycles. The van der Waals surface area contributed by atoms with Gasteiger partial charge in [0.25, 0.3) is 0 Å². The Morgan fingerprint density at radius 2 is 2.12 bits per heavy atom. The van der Waals surface area contributed by atoms with E-state index in [1.54, 1.807) is 0 Å². The maximum atomic E-state index is 12.0. The lowest BCUT2D eigenvalue weighted by atomic mass is 10.1. The van der Waals surface area contributed by atoms with Crippen LogP contribution in [0.5, 0.6) is 0 Å². The molecule has 1 aromatic heterocycles. The molecular weight excluding hydrogens is 322 g/mol. The molecule has 7 heteroatoms. The molecule has 6 nitrogen and oxygen atoms in total. The first kappa shape index (κ1) is 16.4. The van der Waals surface area contributed by atoms with Gasteiger partial charge in [-0.1, -0.05) is 41.2 Å². The Balaban J connectivity index is 1.54. The van der Waals surface area contributed by atoms with Crippen molar-refractivity contribution in [2.45, 2.75) is 38.6 Å². The summed E-state index contributed by atoms with van der Waals surface area (Å²) in [6, 6.07) is 10.1. The van der Waals surface area contributed by atoms with Crippen LogP contribution in [0.1, 0.15) is 35.4 Å². The molecule has 124 valence electrons. The summed E-state index contributed by atoms with van der Waals surface area (Å²) in [4.78, 5) is 12.0. The van der Waals surface area contributed by atoms with Crippen LogP contribution in [0.25, 0.3) is 0 Å². The highest BCUT2D eigenvalue weighted by atomic mass is 32.1. The monoisotopic (exact) mass is 341 g/mol. The lowest BCUT2D eigenvalue weighted by Gasteiger charge is -2.15. The van der Waals surface area contributed by atoms with Crippen LogP contribution in [-0.4, -0.2) is 22.3 Å². The molecule has 0 radical (unpaired) electrons. The zero-order chi connectivity index (χ0) is 16.9. The number of hydrogen-bond donors (Lipinski definition) is 2. The molecule has 0 spiro atoms. The van der Waals surface area contributed by atoms with Crippen LogP contribution in [0.4, 0.5) is 9.93 Å². The van der Waals surface area contributed by atoms with Gasteiger partial charge in [0.05, 0.1) is 12.0 Å². The largest absolute Gasteiger partial charge is 0.334 e. The Bertz CT molecular complexity index is 749. The summed E-state index contributed by atoms with van der Waals surface area (Å²) in [5.41, 5.74) is 2.38. The van der Waals surface area contributed by atoms with Gasteiger partial charge in [0.2, 0.25) is 5.13 Å². The Morgan fingerprint density at radius 1 is 1.33 bits per heavy atom. The van der Waals surface area contributed by atoms with E-state index in [2.05, 4.69) is 58.1 Å². The quantitative estimate of drug-likeness (QED) is 0.893. The number of rotatable bonds is 4. The SMILES string of the molecule is Cc1ccc(Cc2nnc(NC(=O)NC3CCCC3C#N)s2)cc1. The van der Waals surface area contributed by atoms with Crippen LogP contribution in [0.3, 0.4) is 0 Å². The topological polar surface area (TPSA) is 90.7 Å². The molecule has 3 rings (SSSR count). The molecule has 2 unspecified atom stereocenters. The van der Waals surface area contributed by atoms with Gasteiger partial charge in [-0.2, -0.15) is 5.26 Å². The number of carbonyl (C=O) groups is 1. The second-order valence-electron chi connectivity index (χ2n) is 6.03. The molecule has 1 aliphatic carbocycles. The van der Waals surface area contributed by atoms with Gasteiger partial charge in [-0.25, -0.2) is 4.79 Å². The molecule has 2 N–H and O–H groups in total. The highest BCUT2D eigenvalue weighted by molar-refractivity contribution is 7.15. The van der Waals surface area contributed by atoms with E-state index in [0.29, 0.717) is 11.6 Å². The highest BCUT2D eigenvalue weighted by Gasteiger charge is 2.28. The molecule has 1 aliphatic rings. The number of amides is 2. The minimum atomic E-state index is -0.319. The minimum absolute atomic E-state index is 0.0741. The van der Waals surface area contributed by atoms with Crippen LogP contribution >= 0.6 is 11.3 Å². The van der Waals surface area contributed by atoms with Crippen molar-refractivity contribution in [2.75, 3.05) is 5.32 Å². The number of nitrogens with zero attached hydrogens (tertiary/aromatic N) is 3. The fourth-order valence-corrected chi connectivity index (χ4v) is 3.61. The zero-order valence-corrected chi connectivity index (χ0v) is 14.3. The predicted octanol–water partition coefficient (Wildman–Crippen LogP) is 3.25. The molecule has 0 bridgehead atoms. The van der Waals surface area contributed by atoms with E-state index in [1.165, 1.54) is 16.9 Å². The number of aryl methyl sites for hydroxylation is 1. The molecule has 24 heavy (non-hydrogen) atoms. The van der Waals surface area contributed by atoms with Crippen LogP contribution in [0.15, 0.2) is 24.3 Å². The number of nitrogens with one attached hydrogen (secondary N) is 2. The van der Waals surface area contributed by atoms with Crippen molar-refractivity contribution in [3.8, 4) is 6.07 Å². The Labute approximate surface area is 144 Å². The van der Waals surface area contributed by atoms with E-state index in [0.717, 1.165) is 29.8 Å². The fraction of sp³-hybridized carbons (Fsp3) is 0.412. The van der Waals surface area contributed by atoms with E-state index in [9.17, 15) is 4.79 Å². The summed E-state index contributed by atoms with van der Waals surface area (Å²) in [5.74, 6) is -0.0951. The average molecular weight is 341 g/mol. The fourth-order valence-electron chi connectivity index (χ4n) is 2.85. The Kier molecular flexibility index (Phi) is 5.06. The summed E-state index contributed by atoms with van der Waals surface area (Å²) in [6.07, 6.45) is 3.37. The predicted molar refractivity (Wildman–Crippen MR) is 92.8 cm³/mol. The van der Waals surface area contributed by atoms with Crippen LogP contribution in [0.2, 0.25) is 0 Å². The van der Waals surface area contributed by atoms with Crippen molar-refractivity contribution in [1.29, 1.82) is 5.26 Å². The number of hydrogen-bond acceptors (Lipinski definition) is 5. The summed E-state index contributed by atoms with van der Waals surface area (Å²) < 4.78 is 0. The third-order valence-corrected chi connectivity index (χ3v) is 5.00. The average Bonchev–Trinajstić information content (AvgIpc) is 3.19. The first-order valence-corrected chi connectivity index (χ1v) is 8.81. The van der Waals surface area contributed by atoms with E-state index in [-0.39, 0.29) is 18.0 Å². The maximum Gasteiger partial charge on any atom is 0.321 e. The third-order valence-electron chi connectivity index (χ3n) is 4.16. The number of anilines is 1. The summed E-state index contributed by atoms with van der Waals surface area (Å²) in [5, 5.41) is 24.1. The number of carbonyl (C=O) groups excluding carboxylic acids is 1. The van der Waals surface area contributed by atoms with Crippen molar-refractivity contribution in [2.24, 2.45) is 5.92 Å². The third kappa shape index (κ3) is 4.09. The number of nitriles is 1. The van der Waals surface area contributed by atoms with E-state index < -0.39 is 0 Å². The number of aromatic nitrogens is 2. The standard InChI is InChI=1S/C17H19N5OS/c1-11-5-7-12(8-6-11)9-15-21-22-17(24-15)20-16(23)19-14-4-2-3-13(14)10-18/h5-8,13-14H,2-4,9H2,1H3,(H2,19,20,22,23). The molecule has 2 atom stereocenters. The van der Waals surface area contributed by atoms with Crippen molar-refractivity contribution in [3.05, 3.63) is 40.4 Å². The second-order valence-corrected chi connectivity index (χ2v) is 7.10. The normalized spacial score (nSPS) is 19.7. The molecular formula is C17H19N5OS. The lowest BCUT2D eigenvalue weighted by Crippen LogP contribution is -2.39. The van der Waals surface area contributed by atoms with Crippen molar-refractivity contribution in [1.82, 2.24) is 15.5 Å². The lowest BCUT2D eigenvalue weighted by molar-refractivity contribution is 0.247. The van der Waals surface area contributed by atoms with Crippen molar-refractivity contribution < 1.29 is 4.79 Å². The van der Waals surface area contributed by atoms with Gasteiger partial charge in [-0.15, -0.1) is 10.2 Å². The highest BCUT2D eigenvalue weighted by Crippen LogP contribution is 2.25. The first-order valence-electron chi connectivity index (χ1n) is 7.99. The van der Waals surface area contributed by atoms with Crippen molar-refractivity contribution in [3.63, 3.8) is 0 Å². The van der Waals surface area contributed by atoms with Gasteiger partial charge in [0.1, 0.15) is 5.01 Å². The van der Waals surface area contributed by atoms with Gasteiger partial charge in [0, 0.05) is 12.5 Å². The Hall–Kier alpha value is -2.46. The van der Waals surface area contributed by atoms with Gasteiger partial charge in [-0.3, -0.25) is 5.32 Å². The molecule has 2 amide bonds. The van der Waals surface area contributed by atoms with Gasteiger partial charge >= 0.3 is 6.03 Å². The first-order chi connectivity index (χ1) is 11.6. The summed E-state index contributed by atoms with van der Waals surface area (Å²) in [6.45, 7) is 2.05. The van der Waals surface area contributed by atoms with Gasteiger partial charge in [-0.05, 0) is 31.7 Å². The number of urea groups is 1. The molecule has 1 aromatic carbocycles. The van der Waals surface area contributed by atoms with E-state index >= 15 is 0 Å². The Morgan fingerprint density at radius 3 is 2.88 bits per heavy atom. The molecule has 1 fully saturated rings. The maximum absolute atomic E-state index is 12.0. The zero-order valence-electron chi connectivity index (χ0n) is 13.5. The van der Waals surface area contributed by atoms with Gasteiger partial charge < -0.3 is 5.32 Å². The number of benzene rings is 1. The van der Waals surface area contributed by atoms with E-state index in [1.807, 2.05) is 0 Å². The smallest absolute Gasteiger partial charge is 0.321 e. The molecule has 1 heterocycles. The summed E-state index contributed by atoms with van der Waals surface area (Å²) in [7, 11) is 0. The molecule has 0 saturated heterocycles. The van der Waals surface area contributed by atoms with Crippen molar-refractivity contribution >= 4 is 22.5 Å². The molecule has 2 aromatic rings. The summed E-state index contributed by atoms with van der Waals surface area (Å²) >= 11 is 1.37. The van der Waals surface area contributed by atoms with E-state index in [4.69, 9.17) is 5.26 Å². The van der Waals surface area contributed by atoms with Gasteiger partial charge in [0.15, 0.2) is 0 Å². The minimum Gasteiger partial charge on any atom is -0.334 e. The van der Waals surface area contributed by atoms with Crippen LogP contribution in [-0.2, 0) is 6.42 Å². The van der Waals surface area contributed by atoms with Crippen LogP contribution < -0.4 is 10.6 Å².